The minimum absolute atomic E-state index is 0.362. The molecule has 2 rings (SSSR count). The number of hydrazine groups is 1. The van der Waals surface area contributed by atoms with Gasteiger partial charge in [-0.05, 0) is 28.9 Å². The molecule has 17 heavy (non-hydrogen) atoms. The fourth-order valence-corrected chi connectivity index (χ4v) is 1.84. The van der Waals surface area contributed by atoms with E-state index >= 15 is 0 Å². The van der Waals surface area contributed by atoms with E-state index < -0.39 is 0 Å². The molecule has 0 aromatic carbocycles. The molecule has 0 unspecified atom stereocenters. The third kappa shape index (κ3) is 2.56. The topological polar surface area (TPSA) is 86.1 Å². The van der Waals surface area contributed by atoms with Gasteiger partial charge >= 0.3 is 0 Å². The number of nitrogens with two attached hydrogens (primary N) is 1. The Kier molecular flexibility index (Phi) is 3.30. The summed E-state index contributed by atoms with van der Waals surface area (Å²) in [4.78, 5) is 11.4. The molecule has 2 heterocycles. The number of carbonyl (C=O) groups excluding carboxylic acids is 1. The fourth-order valence-electron chi connectivity index (χ4n) is 1.51. The smallest absolute Gasteiger partial charge is 0.268 e. The molecule has 3 N–H and O–H groups in total. The van der Waals surface area contributed by atoms with Gasteiger partial charge in [0.1, 0.15) is 11.5 Å². The van der Waals surface area contributed by atoms with Crippen molar-refractivity contribution < 1.29 is 9.21 Å². The molecule has 90 valence electrons. The maximum absolute atomic E-state index is 11.4. The normalized spacial score (nSPS) is 10.5. The maximum Gasteiger partial charge on any atom is 0.268 e. The zero-order valence-corrected chi connectivity index (χ0v) is 10.7. The predicted octanol–water partition coefficient (Wildman–Crippen LogP) is 1.20. The molecule has 2 aromatic heterocycles. The number of nitrogen functional groups attached to an aromatic ring is 1. The van der Waals surface area contributed by atoms with Crippen LogP contribution in [0.2, 0.25) is 0 Å². The number of hydrogen-bond donors (Lipinski definition) is 2. The monoisotopic (exact) mass is 298 g/mol. The van der Waals surface area contributed by atoms with Crippen molar-refractivity contribution in [2.24, 2.45) is 5.84 Å². The number of rotatable bonds is 3. The van der Waals surface area contributed by atoms with Crippen molar-refractivity contribution in [3.05, 3.63) is 40.0 Å². The van der Waals surface area contributed by atoms with Crippen molar-refractivity contribution in [2.75, 3.05) is 0 Å². The van der Waals surface area contributed by atoms with E-state index in [2.05, 4.69) is 26.5 Å². The van der Waals surface area contributed by atoms with Crippen molar-refractivity contribution in [3.63, 3.8) is 0 Å². The standard InChI is InChI=1S/C10H11BrN4O2/c1-6-9(10(16)14-12)2-8(17-6)5-15-4-7(11)3-13-15/h2-4H,5,12H2,1H3,(H,14,16). The molecule has 0 aliphatic heterocycles. The summed E-state index contributed by atoms with van der Waals surface area (Å²) in [6, 6.07) is 1.66. The van der Waals surface area contributed by atoms with Gasteiger partial charge in [0.2, 0.25) is 0 Å². The highest BCUT2D eigenvalue weighted by Gasteiger charge is 2.14. The van der Waals surface area contributed by atoms with Crippen LogP contribution in [0.25, 0.3) is 0 Å². The molecule has 0 radical (unpaired) electrons. The molecule has 0 aliphatic carbocycles. The first-order valence-electron chi connectivity index (χ1n) is 4.88. The Morgan fingerprint density at radius 3 is 3.06 bits per heavy atom. The molecule has 2 aromatic rings. The van der Waals surface area contributed by atoms with Gasteiger partial charge in [-0.25, -0.2) is 5.84 Å². The number of aromatic nitrogens is 2. The molecule has 0 fully saturated rings. The molecule has 0 saturated heterocycles. The Balaban J connectivity index is 2.20. The van der Waals surface area contributed by atoms with Crippen LogP contribution in [0.4, 0.5) is 0 Å². The van der Waals surface area contributed by atoms with E-state index in [-0.39, 0.29) is 5.91 Å². The second-order valence-corrected chi connectivity index (χ2v) is 4.43. The Morgan fingerprint density at radius 2 is 2.47 bits per heavy atom. The molecule has 6 nitrogen and oxygen atoms in total. The highest BCUT2D eigenvalue weighted by Crippen LogP contribution is 2.16. The average Bonchev–Trinajstić information content (AvgIpc) is 2.85. The molecule has 1 amide bonds. The van der Waals surface area contributed by atoms with Crippen LogP contribution < -0.4 is 11.3 Å². The lowest BCUT2D eigenvalue weighted by Crippen LogP contribution is -2.30. The Labute approximate surface area is 106 Å². The first-order chi connectivity index (χ1) is 8.10. The summed E-state index contributed by atoms with van der Waals surface area (Å²) in [5.41, 5.74) is 2.51. The van der Waals surface area contributed by atoms with E-state index in [0.717, 1.165) is 4.47 Å². The first-order valence-corrected chi connectivity index (χ1v) is 5.67. The van der Waals surface area contributed by atoms with Gasteiger partial charge in [0.05, 0.1) is 22.8 Å². The molecular weight excluding hydrogens is 288 g/mol. The van der Waals surface area contributed by atoms with E-state index in [9.17, 15) is 4.79 Å². The lowest BCUT2D eigenvalue weighted by molar-refractivity contribution is 0.0952. The van der Waals surface area contributed by atoms with Crippen LogP contribution in [0, 0.1) is 6.92 Å². The van der Waals surface area contributed by atoms with Crippen molar-refractivity contribution in [3.8, 4) is 0 Å². The van der Waals surface area contributed by atoms with Crippen LogP contribution in [-0.4, -0.2) is 15.7 Å². The van der Waals surface area contributed by atoms with Crippen molar-refractivity contribution in [2.45, 2.75) is 13.5 Å². The molecule has 0 saturated carbocycles. The quantitative estimate of drug-likeness (QED) is 0.506. The Hall–Kier alpha value is -1.60. The number of aryl methyl sites for hydroxylation is 1. The number of furan rings is 1. The summed E-state index contributed by atoms with van der Waals surface area (Å²) in [6.45, 7) is 2.18. The number of hydrogen-bond acceptors (Lipinski definition) is 4. The van der Waals surface area contributed by atoms with Crippen LogP contribution in [0.15, 0.2) is 27.3 Å². The van der Waals surface area contributed by atoms with Crippen LogP contribution in [0.3, 0.4) is 0 Å². The summed E-state index contributed by atoms with van der Waals surface area (Å²) in [5, 5.41) is 4.10. The van der Waals surface area contributed by atoms with E-state index in [1.165, 1.54) is 0 Å². The SMILES string of the molecule is Cc1oc(Cn2cc(Br)cn2)cc1C(=O)NN. The van der Waals surface area contributed by atoms with E-state index in [1.54, 1.807) is 23.9 Å². The van der Waals surface area contributed by atoms with E-state index in [1.807, 2.05) is 6.20 Å². The van der Waals surface area contributed by atoms with Gasteiger partial charge in [-0.1, -0.05) is 0 Å². The van der Waals surface area contributed by atoms with Gasteiger partial charge < -0.3 is 4.42 Å². The number of halogens is 1. The van der Waals surface area contributed by atoms with Crippen molar-refractivity contribution in [1.82, 2.24) is 15.2 Å². The van der Waals surface area contributed by atoms with Gasteiger partial charge in [-0.15, -0.1) is 0 Å². The second kappa shape index (κ2) is 4.72. The maximum atomic E-state index is 11.4. The van der Waals surface area contributed by atoms with Crippen LogP contribution in [-0.2, 0) is 6.54 Å². The van der Waals surface area contributed by atoms with E-state index in [4.69, 9.17) is 10.3 Å². The molecular formula is C10H11BrN4O2. The largest absolute Gasteiger partial charge is 0.464 e. The highest BCUT2D eigenvalue weighted by atomic mass is 79.9. The van der Waals surface area contributed by atoms with Crippen molar-refractivity contribution in [1.29, 1.82) is 0 Å². The molecule has 0 spiro atoms. The molecule has 7 heteroatoms. The second-order valence-electron chi connectivity index (χ2n) is 3.51. The van der Waals surface area contributed by atoms with Gasteiger partial charge in [-0.3, -0.25) is 14.9 Å². The minimum Gasteiger partial charge on any atom is -0.464 e. The third-order valence-electron chi connectivity index (χ3n) is 2.26. The minimum atomic E-state index is -0.362. The van der Waals surface area contributed by atoms with Gasteiger partial charge in [-0.2, -0.15) is 5.10 Å². The summed E-state index contributed by atoms with van der Waals surface area (Å²) in [7, 11) is 0. The van der Waals surface area contributed by atoms with Gasteiger partial charge in [0, 0.05) is 6.20 Å². The summed E-state index contributed by atoms with van der Waals surface area (Å²) in [5.74, 6) is 5.90. The third-order valence-corrected chi connectivity index (χ3v) is 2.67. The summed E-state index contributed by atoms with van der Waals surface area (Å²) in [6.07, 6.45) is 3.50. The lowest BCUT2D eigenvalue weighted by atomic mass is 10.2. The molecule has 0 bridgehead atoms. The Morgan fingerprint density at radius 1 is 1.71 bits per heavy atom. The zero-order chi connectivity index (χ0) is 12.4. The first kappa shape index (κ1) is 11.9. The van der Waals surface area contributed by atoms with Crippen LogP contribution >= 0.6 is 15.9 Å². The number of nitrogens with one attached hydrogen (secondary N) is 1. The van der Waals surface area contributed by atoms with Crippen LogP contribution in [0.1, 0.15) is 21.9 Å². The summed E-state index contributed by atoms with van der Waals surface area (Å²) >= 11 is 3.30. The lowest BCUT2D eigenvalue weighted by Gasteiger charge is -1.95. The van der Waals surface area contributed by atoms with Crippen LogP contribution in [0.5, 0.6) is 0 Å². The zero-order valence-electron chi connectivity index (χ0n) is 9.11. The van der Waals surface area contributed by atoms with E-state index in [0.29, 0.717) is 23.6 Å². The summed E-state index contributed by atoms with van der Waals surface area (Å²) < 4.78 is 8.05. The number of amides is 1. The number of nitrogens with zero attached hydrogens (tertiary/aromatic N) is 2. The average molecular weight is 299 g/mol. The number of carbonyl (C=O) groups is 1. The molecule has 0 aliphatic rings. The van der Waals surface area contributed by atoms with Gasteiger partial charge in [0.15, 0.2) is 0 Å². The van der Waals surface area contributed by atoms with Gasteiger partial charge in [0.25, 0.3) is 5.91 Å². The Bertz CT molecular complexity index is 546. The fraction of sp³-hybridized carbons (Fsp3) is 0.200. The predicted molar refractivity (Wildman–Crippen MR) is 64.1 cm³/mol. The van der Waals surface area contributed by atoms with Crippen molar-refractivity contribution >= 4 is 21.8 Å². The molecule has 0 atom stereocenters. The highest BCUT2D eigenvalue weighted by molar-refractivity contribution is 9.10.